The number of carbonyl (C=O) groups excluding carboxylic acids is 1. The van der Waals surface area contributed by atoms with Gasteiger partial charge in [0.2, 0.25) is 5.91 Å². The molecule has 5 heteroatoms. The van der Waals surface area contributed by atoms with E-state index < -0.39 is 0 Å². The third-order valence-electron chi connectivity index (χ3n) is 3.26. The first kappa shape index (κ1) is 17.4. The second kappa shape index (κ2) is 9.25. The van der Waals surface area contributed by atoms with E-state index in [1.54, 1.807) is 38.5 Å². The van der Waals surface area contributed by atoms with Gasteiger partial charge in [-0.1, -0.05) is 18.2 Å². The summed E-state index contributed by atoms with van der Waals surface area (Å²) >= 11 is 0. The minimum absolute atomic E-state index is 0.198. The van der Waals surface area contributed by atoms with Gasteiger partial charge in [0.05, 0.1) is 20.8 Å². The Kier molecular flexibility index (Phi) is 6.71. The Morgan fingerprint density at radius 2 is 1.83 bits per heavy atom. The Morgan fingerprint density at radius 1 is 1.04 bits per heavy atom. The topological polar surface area (TPSA) is 56.8 Å². The first-order valence-electron chi connectivity index (χ1n) is 7.58. The third-order valence-corrected chi connectivity index (χ3v) is 3.26. The van der Waals surface area contributed by atoms with E-state index in [9.17, 15) is 4.79 Å². The van der Waals surface area contributed by atoms with Crippen LogP contribution in [-0.4, -0.2) is 33.3 Å². The molecule has 126 valence electrons. The fourth-order valence-corrected chi connectivity index (χ4v) is 2.05. The van der Waals surface area contributed by atoms with Crippen molar-refractivity contribution in [3.63, 3.8) is 0 Å². The lowest BCUT2D eigenvalue weighted by atomic mass is 10.1. The molecule has 0 spiro atoms. The van der Waals surface area contributed by atoms with Gasteiger partial charge in [-0.25, -0.2) is 0 Å². The van der Waals surface area contributed by atoms with E-state index >= 15 is 0 Å². The van der Waals surface area contributed by atoms with Crippen LogP contribution in [0.4, 0.5) is 0 Å². The highest BCUT2D eigenvalue weighted by Crippen LogP contribution is 2.24. The van der Waals surface area contributed by atoms with Gasteiger partial charge in [0, 0.05) is 11.6 Å². The SMILES string of the molecule is COc1ccc(OC)c(/C=C/C(=O)NCCOc2ccccc2)c1. The monoisotopic (exact) mass is 327 g/mol. The summed E-state index contributed by atoms with van der Waals surface area (Å²) in [5, 5.41) is 2.77. The standard InChI is InChI=1S/C19H21NO4/c1-22-17-9-10-18(23-2)15(14-17)8-11-19(21)20-12-13-24-16-6-4-3-5-7-16/h3-11,14H,12-13H2,1-2H3,(H,20,21)/b11-8+. The van der Waals surface area contributed by atoms with Gasteiger partial charge in [-0.15, -0.1) is 0 Å². The Bertz CT molecular complexity index is 683. The zero-order valence-electron chi connectivity index (χ0n) is 13.8. The van der Waals surface area contributed by atoms with Gasteiger partial charge in [0.1, 0.15) is 23.9 Å². The molecule has 1 amide bonds. The summed E-state index contributed by atoms with van der Waals surface area (Å²) in [6, 6.07) is 14.9. The van der Waals surface area contributed by atoms with Crippen molar-refractivity contribution in [2.24, 2.45) is 0 Å². The van der Waals surface area contributed by atoms with Gasteiger partial charge in [-0.3, -0.25) is 4.79 Å². The fourth-order valence-electron chi connectivity index (χ4n) is 2.05. The molecule has 0 aliphatic carbocycles. The molecule has 2 rings (SSSR count). The first-order valence-corrected chi connectivity index (χ1v) is 7.58. The number of carbonyl (C=O) groups is 1. The van der Waals surface area contributed by atoms with E-state index in [0.29, 0.717) is 24.7 Å². The average Bonchev–Trinajstić information content (AvgIpc) is 2.64. The number of methoxy groups -OCH3 is 2. The molecule has 0 aromatic heterocycles. The summed E-state index contributed by atoms with van der Waals surface area (Å²) in [7, 11) is 3.18. The highest BCUT2D eigenvalue weighted by molar-refractivity contribution is 5.92. The highest BCUT2D eigenvalue weighted by atomic mass is 16.5. The predicted octanol–water partition coefficient (Wildman–Crippen LogP) is 2.91. The molecule has 1 N–H and O–H groups in total. The van der Waals surface area contributed by atoms with Gasteiger partial charge in [0.15, 0.2) is 0 Å². The zero-order valence-corrected chi connectivity index (χ0v) is 13.8. The molecule has 0 aliphatic heterocycles. The molecular weight excluding hydrogens is 306 g/mol. The van der Waals surface area contributed by atoms with Crippen LogP contribution in [0.1, 0.15) is 5.56 Å². The van der Waals surface area contributed by atoms with Crippen molar-refractivity contribution in [2.75, 3.05) is 27.4 Å². The van der Waals surface area contributed by atoms with E-state index in [1.165, 1.54) is 6.08 Å². The van der Waals surface area contributed by atoms with Gasteiger partial charge in [-0.05, 0) is 36.4 Å². The van der Waals surface area contributed by atoms with Gasteiger partial charge < -0.3 is 19.5 Å². The average molecular weight is 327 g/mol. The number of hydrogen-bond donors (Lipinski definition) is 1. The molecule has 2 aromatic carbocycles. The van der Waals surface area contributed by atoms with Crippen molar-refractivity contribution in [1.82, 2.24) is 5.32 Å². The lowest BCUT2D eigenvalue weighted by molar-refractivity contribution is -0.116. The Morgan fingerprint density at radius 3 is 2.54 bits per heavy atom. The van der Waals surface area contributed by atoms with Crippen LogP contribution in [0.15, 0.2) is 54.6 Å². The van der Waals surface area contributed by atoms with Crippen molar-refractivity contribution < 1.29 is 19.0 Å². The zero-order chi connectivity index (χ0) is 17.2. The largest absolute Gasteiger partial charge is 0.497 e. The maximum Gasteiger partial charge on any atom is 0.244 e. The third kappa shape index (κ3) is 5.35. The number of amides is 1. The lowest BCUT2D eigenvalue weighted by Crippen LogP contribution is -2.26. The van der Waals surface area contributed by atoms with Gasteiger partial charge in [-0.2, -0.15) is 0 Å². The number of rotatable bonds is 8. The normalized spacial score (nSPS) is 10.4. The molecule has 0 radical (unpaired) electrons. The summed E-state index contributed by atoms with van der Waals surface area (Å²) in [4.78, 5) is 11.9. The first-order chi connectivity index (χ1) is 11.7. The molecule has 0 aliphatic rings. The second-order valence-electron chi connectivity index (χ2n) is 4.89. The van der Waals surface area contributed by atoms with Crippen molar-refractivity contribution in [3.05, 3.63) is 60.2 Å². The molecule has 0 saturated heterocycles. The van der Waals surface area contributed by atoms with Crippen LogP contribution in [0, 0.1) is 0 Å². The summed E-state index contributed by atoms with van der Waals surface area (Å²) in [6.45, 7) is 0.833. The van der Waals surface area contributed by atoms with E-state index in [-0.39, 0.29) is 5.91 Å². The number of nitrogens with one attached hydrogen (secondary N) is 1. The van der Waals surface area contributed by atoms with Crippen molar-refractivity contribution in [2.45, 2.75) is 0 Å². The number of para-hydroxylation sites is 1. The predicted molar refractivity (Wildman–Crippen MR) is 93.5 cm³/mol. The molecule has 0 bridgehead atoms. The van der Waals surface area contributed by atoms with Crippen LogP contribution in [0.3, 0.4) is 0 Å². The molecule has 0 heterocycles. The number of hydrogen-bond acceptors (Lipinski definition) is 4. The lowest BCUT2D eigenvalue weighted by Gasteiger charge is -2.07. The van der Waals surface area contributed by atoms with Gasteiger partial charge >= 0.3 is 0 Å². The van der Waals surface area contributed by atoms with Crippen LogP contribution < -0.4 is 19.5 Å². The van der Waals surface area contributed by atoms with Gasteiger partial charge in [0.25, 0.3) is 0 Å². The minimum atomic E-state index is -0.198. The maximum atomic E-state index is 11.9. The van der Waals surface area contributed by atoms with E-state index in [0.717, 1.165) is 11.3 Å². The molecule has 0 unspecified atom stereocenters. The quantitative estimate of drug-likeness (QED) is 0.598. The Hall–Kier alpha value is -2.95. The number of benzene rings is 2. The van der Waals surface area contributed by atoms with E-state index in [2.05, 4.69) is 5.32 Å². The van der Waals surface area contributed by atoms with Crippen LogP contribution in [0.2, 0.25) is 0 Å². The van der Waals surface area contributed by atoms with Crippen molar-refractivity contribution in [1.29, 1.82) is 0 Å². The van der Waals surface area contributed by atoms with E-state index in [1.807, 2.05) is 30.3 Å². The Labute approximate surface area is 141 Å². The molecule has 5 nitrogen and oxygen atoms in total. The van der Waals surface area contributed by atoms with E-state index in [4.69, 9.17) is 14.2 Å². The maximum absolute atomic E-state index is 11.9. The molecule has 2 aromatic rings. The van der Waals surface area contributed by atoms with Crippen LogP contribution in [0.5, 0.6) is 17.2 Å². The summed E-state index contributed by atoms with van der Waals surface area (Å²) in [5.41, 5.74) is 0.771. The van der Waals surface area contributed by atoms with Crippen LogP contribution >= 0.6 is 0 Å². The molecule has 0 fully saturated rings. The molecular formula is C19H21NO4. The van der Waals surface area contributed by atoms with Crippen molar-refractivity contribution in [3.8, 4) is 17.2 Å². The fraction of sp³-hybridized carbons (Fsp3) is 0.211. The van der Waals surface area contributed by atoms with Crippen LogP contribution in [-0.2, 0) is 4.79 Å². The molecule has 0 saturated carbocycles. The molecule has 24 heavy (non-hydrogen) atoms. The summed E-state index contributed by atoms with van der Waals surface area (Å²) in [6.07, 6.45) is 3.15. The molecule has 0 atom stereocenters. The smallest absolute Gasteiger partial charge is 0.244 e. The summed E-state index contributed by atoms with van der Waals surface area (Å²) in [5.74, 6) is 1.96. The Balaban J connectivity index is 1.82. The summed E-state index contributed by atoms with van der Waals surface area (Å²) < 4.78 is 16.0. The van der Waals surface area contributed by atoms with Crippen molar-refractivity contribution >= 4 is 12.0 Å². The van der Waals surface area contributed by atoms with Crippen LogP contribution in [0.25, 0.3) is 6.08 Å². The number of ether oxygens (including phenoxy) is 3. The minimum Gasteiger partial charge on any atom is -0.497 e. The second-order valence-corrected chi connectivity index (χ2v) is 4.89. The highest BCUT2D eigenvalue weighted by Gasteiger charge is 2.03.